The molecular formula is C12H19NO2. The molecule has 0 fully saturated rings. The van der Waals surface area contributed by atoms with Crippen LogP contribution in [0, 0.1) is 11.8 Å². The van der Waals surface area contributed by atoms with Gasteiger partial charge < -0.3 is 14.9 Å². The normalized spacial score (nSPS) is 25.5. The molecule has 1 N–H and O–H groups in total. The minimum atomic E-state index is 0.186. The summed E-state index contributed by atoms with van der Waals surface area (Å²) in [6.07, 6.45) is 7.54. The van der Waals surface area contributed by atoms with Gasteiger partial charge in [0.15, 0.2) is 0 Å². The number of unbranched alkanes of at least 4 members (excludes halogenated alkanes) is 1. The lowest BCUT2D eigenvalue weighted by molar-refractivity contribution is -0.112. The SMILES string of the molecule is CC1C=C(NCCCC=O)CCC1C=O. The summed E-state index contributed by atoms with van der Waals surface area (Å²) in [5.41, 5.74) is 1.23. The van der Waals surface area contributed by atoms with Gasteiger partial charge in [0.25, 0.3) is 0 Å². The minimum Gasteiger partial charge on any atom is -0.389 e. The molecule has 0 radical (unpaired) electrons. The van der Waals surface area contributed by atoms with Crippen LogP contribution in [0.3, 0.4) is 0 Å². The molecule has 0 saturated carbocycles. The van der Waals surface area contributed by atoms with Crippen molar-refractivity contribution in [2.75, 3.05) is 6.54 Å². The molecule has 1 aliphatic rings. The van der Waals surface area contributed by atoms with Crippen LogP contribution in [0.5, 0.6) is 0 Å². The van der Waals surface area contributed by atoms with Crippen LogP contribution in [0.4, 0.5) is 0 Å². The lowest BCUT2D eigenvalue weighted by Gasteiger charge is -2.24. The quantitative estimate of drug-likeness (QED) is 0.535. The van der Waals surface area contributed by atoms with Crippen molar-refractivity contribution in [3.8, 4) is 0 Å². The van der Waals surface area contributed by atoms with E-state index in [1.165, 1.54) is 5.70 Å². The van der Waals surface area contributed by atoms with Crippen LogP contribution >= 0.6 is 0 Å². The zero-order valence-electron chi connectivity index (χ0n) is 9.24. The molecule has 3 heteroatoms. The summed E-state index contributed by atoms with van der Waals surface area (Å²) in [4.78, 5) is 20.8. The third kappa shape index (κ3) is 3.86. The van der Waals surface area contributed by atoms with Gasteiger partial charge in [0.2, 0.25) is 0 Å². The van der Waals surface area contributed by atoms with Crippen molar-refractivity contribution in [3.63, 3.8) is 0 Å². The second-order valence-corrected chi connectivity index (χ2v) is 4.13. The Labute approximate surface area is 90.9 Å². The largest absolute Gasteiger partial charge is 0.389 e. The smallest absolute Gasteiger partial charge is 0.123 e. The van der Waals surface area contributed by atoms with Gasteiger partial charge in [-0.3, -0.25) is 0 Å². The van der Waals surface area contributed by atoms with Gasteiger partial charge in [-0.1, -0.05) is 13.0 Å². The summed E-state index contributed by atoms with van der Waals surface area (Å²) in [5.74, 6) is 0.523. The number of carbonyl (C=O) groups is 2. The highest BCUT2D eigenvalue weighted by Crippen LogP contribution is 2.25. The first-order valence-electron chi connectivity index (χ1n) is 5.61. The van der Waals surface area contributed by atoms with Gasteiger partial charge in [0.1, 0.15) is 12.6 Å². The molecule has 2 unspecified atom stereocenters. The first-order chi connectivity index (χ1) is 7.27. The Bertz CT molecular complexity index is 248. The van der Waals surface area contributed by atoms with Crippen molar-refractivity contribution in [2.45, 2.75) is 32.6 Å². The molecule has 2 atom stereocenters. The second kappa shape index (κ2) is 6.38. The predicted molar refractivity (Wildman–Crippen MR) is 59.3 cm³/mol. The molecule has 0 aromatic rings. The molecule has 0 amide bonds. The van der Waals surface area contributed by atoms with Crippen LogP contribution in [0.15, 0.2) is 11.8 Å². The van der Waals surface area contributed by atoms with Gasteiger partial charge in [-0.15, -0.1) is 0 Å². The monoisotopic (exact) mass is 209 g/mol. The maximum Gasteiger partial charge on any atom is 0.123 e. The van der Waals surface area contributed by atoms with Crippen LogP contribution in [-0.2, 0) is 9.59 Å². The van der Waals surface area contributed by atoms with Gasteiger partial charge in [-0.25, -0.2) is 0 Å². The zero-order valence-corrected chi connectivity index (χ0v) is 9.24. The summed E-state index contributed by atoms with van der Waals surface area (Å²) in [7, 11) is 0. The Morgan fingerprint density at radius 2 is 2.33 bits per heavy atom. The van der Waals surface area contributed by atoms with E-state index in [1.807, 2.05) is 0 Å². The second-order valence-electron chi connectivity index (χ2n) is 4.13. The molecule has 3 nitrogen and oxygen atoms in total. The third-order valence-corrected chi connectivity index (χ3v) is 2.91. The maximum atomic E-state index is 10.7. The summed E-state index contributed by atoms with van der Waals surface area (Å²) in [6.45, 7) is 2.92. The Morgan fingerprint density at radius 3 is 2.93 bits per heavy atom. The van der Waals surface area contributed by atoms with Gasteiger partial charge in [0, 0.05) is 24.6 Å². The van der Waals surface area contributed by atoms with Gasteiger partial charge in [0.05, 0.1) is 0 Å². The first kappa shape index (κ1) is 12.0. The van der Waals surface area contributed by atoms with Crippen molar-refractivity contribution >= 4 is 12.6 Å². The van der Waals surface area contributed by atoms with Gasteiger partial charge >= 0.3 is 0 Å². The Balaban J connectivity index is 2.31. The number of hydrogen-bond donors (Lipinski definition) is 1. The molecule has 84 valence electrons. The Kier molecular flexibility index (Phi) is 5.08. The molecule has 0 heterocycles. The van der Waals surface area contributed by atoms with Gasteiger partial charge in [-0.2, -0.15) is 0 Å². The number of hydrogen-bond acceptors (Lipinski definition) is 3. The Hall–Kier alpha value is -1.12. The third-order valence-electron chi connectivity index (χ3n) is 2.91. The minimum absolute atomic E-state index is 0.186. The van der Waals surface area contributed by atoms with E-state index in [0.29, 0.717) is 12.3 Å². The summed E-state index contributed by atoms with van der Waals surface area (Å²) < 4.78 is 0. The highest BCUT2D eigenvalue weighted by molar-refractivity contribution is 5.55. The fourth-order valence-electron chi connectivity index (χ4n) is 1.88. The van der Waals surface area contributed by atoms with Crippen molar-refractivity contribution in [1.29, 1.82) is 0 Å². The number of rotatable bonds is 6. The van der Waals surface area contributed by atoms with Crippen LogP contribution in [0.1, 0.15) is 32.6 Å². The molecule has 0 spiro atoms. The van der Waals surface area contributed by atoms with Crippen LogP contribution in [0.2, 0.25) is 0 Å². The van der Waals surface area contributed by atoms with E-state index in [1.54, 1.807) is 0 Å². The molecule has 0 saturated heterocycles. The maximum absolute atomic E-state index is 10.7. The molecule has 1 aliphatic carbocycles. The fraction of sp³-hybridized carbons (Fsp3) is 0.667. The highest BCUT2D eigenvalue weighted by Gasteiger charge is 2.20. The molecule has 0 aromatic heterocycles. The average molecular weight is 209 g/mol. The van der Waals surface area contributed by atoms with Crippen molar-refractivity contribution in [3.05, 3.63) is 11.8 Å². The Morgan fingerprint density at radius 1 is 1.53 bits per heavy atom. The topological polar surface area (TPSA) is 46.2 Å². The van der Waals surface area contributed by atoms with E-state index in [4.69, 9.17) is 0 Å². The molecule has 0 aliphatic heterocycles. The zero-order chi connectivity index (χ0) is 11.1. The van der Waals surface area contributed by atoms with E-state index in [0.717, 1.165) is 38.4 Å². The first-order valence-corrected chi connectivity index (χ1v) is 5.61. The molecule has 15 heavy (non-hydrogen) atoms. The van der Waals surface area contributed by atoms with Crippen molar-refractivity contribution < 1.29 is 9.59 Å². The summed E-state index contributed by atoms with van der Waals surface area (Å²) >= 11 is 0. The standard InChI is InChI=1S/C12H19NO2/c1-10-8-12(5-4-11(10)9-15)13-6-2-3-7-14/h7-11,13H,2-6H2,1H3. The van der Waals surface area contributed by atoms with Crippen LogP contribution in [0.25, 0.3) is 0 Å². The average Bonchev–Trinajstić information content (AvgIpc) is 2.25. The van der Waals surface area contributed by atoms with Crippen LogP contribution < -0.4 is 5.32 Å². The molecule has 1 rings (SSSR count). The number of allylic oxidation sites excluding steroid dienone is 2. The van der Waals surface area contributed by atoms with E-state index >= 15 is 0 Å². The lowest BCUT2D eigenvalue weighted by atomic mass is 9.85. The summed E-state index contributed by atoms with van der Waals surface area (Å²) in [5, 5.41) is 3.32. The molecular weight excluding hydrogens is 190 g/mol. The highest BCUT2D eigenvalue weighted by atomic mass is 16.1. The molecule has 0 aromatic carbocycles. The van der Waals surface area contributed by atoms with E-state index < -0.39 is 0 Å². The number of carbonyl (C=O) groups excluding carboxylic acids is 2. The van der Waals surface area contributed by atoms with Crippen molar-refractivity contribution in [2.24, 2.45) is 11.8 Å². The van der Waals surface area contributed by atoms with Crippen molar-refractivity contribution in [1.82, 2.24) is 5.32 Å². The predicted octanol–water partition coefficient (Wildman–Crippen LogP) is 1.68. The van der Waals surface area contributed by atoms with Crippen LogP contribution in [-0.4, -0.2) is 19.1 Å². The number of aldehydes is 2. The van der Waals surface area contributed by atoms with E-state index in [2.05, 4.69) is 18.3 Å². The molecule has 0 bridgehead atoms. The van der Waals surface area contributed by atoms with Gasteiger partial charge in [-0.05, 0) is 25.2 Å². The summed E-state index contributed by atoms with van der Waals surface area (Å²) in [6, 6.07) is 0. The van der Waals surface area contributed by atoms with E-state index in [-0.39, 0.29) is 5.92 Å². The number of nitrogens with one attached hydrogen (secondary N) is 1. The lowest BCUT2D eigenvalue weighted by Crippen LogP contribution is -2.23. The fourth-order valence-corrected chi connectivity index (χ4v) is 1.88. The van der Waals surface area contributed by atoms with E-state index in [9.17, 15) is 9.59 Å².